The number of ether oxygens (including phenoxy) is 1. The standard InChI is InChI=1S/C23H17FN2O7S/c1-34(30,31)25-18-9-5-8-15(20(18)24)13-26-21(27)17-11-10-16(12-19(17)33-23(26)29)32-22(28)14-6-3-2-4-7-14/h2-12,25H,13H2,1H3. The molecule has 0 spiro atoms. The van der Waals surface area contributed by atoms with Crippen molar-refractivity contribution in [3.8, 4) is 5.75 Å². The molecule has 0 fully saturated rings. The maximum Gasteiger partial charge on any atom is 0.422 e. The van der Waals surface area contributed by atoms with Crippen molar-refractivity contribution >= 4 is 32.6 Å². The first-order valence-corrected chi connectivity index (χ1v) is 11.7. The number of rotatable bonds is 6. The van der Waals surface area contributed by atoms with Gasteiger partial charge in [0.15, 0.2) is 5.82 Å². The predicted octanol–water partition coefficient (Wildman–Crippen LogP) is 2.73. The highest BCUT2D eigenvalue weighted by atomic mass is 32.2. The van der Waals surface area contributed by atoms with Gasteiger partial charge in [-0.05, 0) is 30.3 Å². The van der Waals surface area contributed by atoms with E-state index < -0.39 is 39.7 Å². The van der Waals surface area contributed by atoms with Crippen LogP contribution in [0.1, 0.15) is 15.9 Å². The summed E-state index contributed by atoms with van der Waals surface area (Å²) in [5.41, 5.74) is -0.973. The molecule has 0 unspecified atom stereocenters. The molecule has 4 rings (SSSR count). The molecule has 0 bridgehead atoms. The molecule has 4 aromatic rings. The minimum absolute atomic E-state index is 0.00457. The van der Waals surface area contributed by atoms with Crippen LogP contribution in [0.3, 0.4) is 0 Å². The summed E-state index contributed by atoms with van der Waals surface area (Å²) in [6, 6.07) is 16.1. The number of hydrogen-bond donors (Lipinski definition) is 1. The number of carbonyl (C=O) groups excluding carboxylic acids is 1. The summed E-state index contributed by atoms with van der Waals surface area (Å²) < 4.78 is 50.8. The third kappa shape index (κ3) is 4.89. The Morgan fingerprint density at radius 2 is 1.79 bits per heavy atom. The molecule has 1 heterocycles. The van der Waals surface area contributed by atoms with Crippen molar-refractivity contribution in [1.82, 2.24) is 4.57 Å². The van der Waals surface area contributed by atoms with Gasteiger partial charge in [-0.2, -0.15) is 0 Å². The van der Waals surface area contributed by atoms with Gasteiger partial charge in [-0.1, -0.05) is 30.3 Å². The van der Waals surface area contributed by atoms with Crippen LogP contribution >= 0.6 is 0 Å². The quantitative estimate of drug-likeness (QED) is 0.330. The summed E-state index contributed by atoms with van der Waals surface area (Å²) in [5.74, 6) is -2.56. The molecule has 11 heteroatoms. The van der Waals surface area contributed by atoms with Gasteiger partial charge in [0.1, 0.15) is 11.3 Å². The summed E-state index contributed by atoms with van der Waals surface area (Å²) in [7, 11) is -3.74. The second kappa shape index (κ2) is 8.94. The van der Waals surface area contributed by atoms with Gasteiger partial charge >= 0.3 is 11.7 Å². The lowest BCUT2D eigenvalue weighted by Gasteiger charge is -2.11. The zero-order chi connectivity index (χ0) is 24.5. The van der Waals surface area contributed by atoms with Crippen molar-refractivity contribution in [1.29, 1.82) is 0 Å². The van der Waals surface area contributed by atoms with Crippen LogP contribution in [0, 0.1) is 5.82 Å². The smallest absolute Gasteiger partial charge is 0.422 e. The molecule has 1 N–H and O–H groups in total. The third-order valence-corrected chi connectivity index (χ3v) is 5.36. The highest BCUT2D eigenvalue weighted by molar-refractivity contribution is 7.92. The number of anilines is 1. The predicted molar refractivity (Wildman–Crippen MR) is 122 cm³/mol. The lowest BCUT2D eigenvalue weighted by Crippen LogP contribution is -2.33. The normalized spacial score (nSPS) is 11.4. The number of esters is 1. The Bertz CT molecular complexity index is 1630. The molecule has 174 valence electrons. The zero-order valence-corrected chi connectivity index (χ0v) is 18.5. The maximum atomic E-state index is 14.8. The van der Waals surface area contributed by atoms with Crippen molar-refractivity contribution in [2.75, 3.05) is 11.0 Å². The Morgan fingerprint density at radius 3 is 2.50 bits per heavy atom. The molecule has 0 aliphatic rings. The van der Waals surface area contributed by atoms with E-state index in [2.05, 4.69) is 0 Å². The van der Waals surface area contributed by atoms with Gasteiger partial charge in [0, 0.05) is 11.6 Å². The number of aromatic nitrogens is 1. The van der Waals surface area contributed by atoms with Gasteiger partial charge in [0.05, 0.1) is 29.4 Å². The van der Waals surface area contributed by atoms with Gasteiger partial charge in [0.25, 0.3) is 5.56 Å². The summed E-state index contributed by atoms with van der Waals surface area (Å²) in [4.78, 5) is 37.6. The molecular formula is C23H17FN2O7S. The minimum Gasteiger partial charge on any atom is -0.423 e. The lowest BCUT2D eigenvalue weighted by atomic mass is 10.2. The van der Waals surface area contributed by atoms with E-state index in [1.807, 2.05) is 4.72 Å². The number of fused-ring (bicyclic) bond motifs is 1. The second-order valence-corrected chi connectivity index (χ2v) is 9.07. The van der Waals surface area contributed by atoms with E-state index in [0.29, 0.717) is 10.1 Å². The summed E-state index contributed by atoms with van der Waals surface area (Å²) in [6.07, 6.45) is 0.868. The molecule has 0 radical (unpaired) electrons. The number of hydrogen-bond acceptors (Lipinski definition) is 7. The number of sulfonamides is 1. The van der Waals surface area contributed by atoms with Crippen LogP contribution in [0.25, 0.3) is 11.0 Å². The van der Waals surface area contributed by atoms with Crippen LogP contribution in [0.2, 0.25) is 0 Å². The first kappa shape index (κ1) is 22.9. The summed E-state index contributed by atoms with van der Waals surface area (Å²) in [5, 5.41) is 0.00457. The van der Waals surface area contributed by atoms with Crippen molar-refractivity contribution in [3.63, 3.8) is 0 Å². The zero-order valence-electron chi connectivity index (χ0n) is 17.6. The van der Waals surface area contributed by atoms with Crippen LogP contribution in [0.4, 0.5) is 10.1 Å². The first-order chi connectivity index (χ1) is 16.1. The van der Waals surface area contributed by atoms with E-state index in [1.54, 1.807) is 30.3 Å². The molecule has 3 aromatic carbocycles. The molecule has 0 amide bonds. The average molecular weight is 484 g/mol. The summed E-state index contributed by atoms with van der Waals surface area (Å²) in [6.45, 7) is -0.493. The average Bonchev–Trinajstić information content (AvgIpc) is 2.78. The highest BCUT2D eigenvalue weighted by Gasteiger charge is 2.17. The minimum atomic E-state index is -3.74. The topological polar surface area (TPSA) is 125 Å². The molecule has 0 aliphatic carbocycles. The molecule has 34 heavy (non-hydrogen) atoms. The van der Waals surface area contributed by atoms with E-state index in [1.165, 1.54) is 36.4 Å². The Morgan fingerprint density at radius 1 is 1.06 bits per heavy atom. The Hall–Kier alpha value is -4.25. The van der Waals surface area contributed by atoms with Crippen molar-refractivity contribution in [2.24, 2.45) is 0 Å². The van der Waals surface area contributed by atoms with Crippen LogP contribution < -0.4 is 20.8 Å². The van der Waals surface area contributed by atoms with Crippen molar-refractivity contribution in [3.05, 3.63) is 105 Å². The SMILES string of the molecule is CS(=O)(=O)Nc1cccc(Cn2c(=O)oc3cc(OC(=O)c4ccccc4)ccc3c2=O)c1F. The molecule has 1 aromatic heterocycles. The van der Waals surface area contributed by atoms with E-state index in [9.17, 15) is 27.2 Å². The van der Waals surface area contributed by atoms with E-state index in [-0.39, 0.29) is 28.0 Å². The molecule has 0 saturated carbocycles. The van der Waals surface area contributed by atoms with Crippen LogP contribution in [-0.4, -0.2) is 25.2 Å². The Labute approximate surface area is 192 Å². The highest BCUT2D eigenvalue weighted by Crippen LogP contribution is 2.21. The van der Waals surface area contributed by atoms with Crippen LogP contribution in [-0.2, 0) is 16.6 Å². The van der Waals surface area contributed by atoms with Crippen LogP contribution in [0.15, 0.2) is 80.7 Å². The van der Waals surface area contributed by atoms with Gasteiger partial charge < -0.3 is 9.15 Å². The van der Waals surface area contributed by atoms with Gasteiger partial charge in [-0.3, -0.25) is 9.52 Å². The summed E-state index contributed by atoms with van der Waals surface area (Å²) >= 11 is 0. The van der Waals surface area contributed by atoms with Gasteiger partial charge in [-0.15, -0.1) is 0 Å². The fraction of sp³-hybridized carbons (Fsp3) is 0.0870. The monoisotopic (exact) mass is 484 g/mol. The van der Waals surface area contributed by atoms with E-state index in [4.69, 9.17) is 9.15 Å². The lowest BCUT2D eigenvalue weighted by molar-refractivity contribution is 0.0735. The fourth-order valence-electron chi connectivity index (χ4n) is 3.23. The van der Waals surface area contributed by atoms with Gasteiger partial charge in [-0.25, -0.2) is 27.0 Å². The molecule has 0 aliphatic heterocycles. The largest absolute Gasteiger partial charge is 0.423 e. The second-order valence-electron chi connectivity index (χ2n) is 7.33. The third-order valence-electron chi connectivity index (χ3n) is 4.77. The Balaban J connectivity index is 1.67. The number of halogens is 1. The number of nitrogens with one attached hydrogen (secondary N) is 1. The fourth-order valence-corrected chi connectivity index (χ4v) is 3.79. The first-order valence-electron chi connectivity index (χ1n) is 9.82. The van der Waals surface area contributed by atoms with Crippen LogP contribution in [0.5, 0.6) is 5.75 Å². The molecular weight excluding hydrogens is 467 g/mol. The van der Waals surface area contributed by atoms with Crippen molar-refractivity contribution < 1.29 is 26.8 Å². The van der Waals surface area contributed by atoms with E-state index >= 15 is 0 Å². The molecule has 0 saturated heterocycles. The molecule has 0 atom stereocenters. The number of benzene rings is 3. The number of carbonyl (C=O) groups is 1. The number of nitrogens with zero attached hydrogens (tertiary/aromatic N) is 1. The Kier molecular flexibility index (Phi) is 6.03. The van der Waals surface area contributed by atoms with Gasteiger partial charge in [0.2, 0.25) is 10.0 Å². The van der Waals surface area contributed by atoms with Crippen molar-refractivity contribution in [2.45, 2.75) is 6.54 Å². The van der Waals surface area contributed by atoms with E-state index in [0.717, 1.165) is 6.26 Å². The maximum absolute atomic E-state index is 14.8. The molecule has 9 nitrogen and oxygen atoms in total.